The van der Waals surface area contributed by atoms with Gasteiger partial charge in [0.2, 0.25) is 11.8 Å². The Morgan fingerprint density at radius 3 is 2.61 bits per heavy atom. The summed E-state index contributed by atoms with van der Waals surface area (Å²) in [7, 11) is 0. The molecule has 2 aliphatic rings. The standard InChI is InChI=1S/C31H30FN9O3/c32-23-16-22(23)29(42)35-21-6-7-26-24(15-21)36-30(44-26)20-8-11-34-25(14-20)31(43)40-12-9-19(10-13-40)28(18-4-2-1-3-5-18)41-38-27(17-33)37-39-41/h1-8,11,14-15,19,22-23,28H,9-10,12-13,16-17,33H2,(H,35,42)/t22-,23+,28?/m1/s1. The molecule has 2 aromatic carbocycles. The molecule has 2 fully saturated rings. The summed E-state index contributed by atoms with van der Waals surface area (Å²) in [6, 6.07) is 18.4. The second-order valence-electron chi connectivity index (χ2n) is 11.2. The summed E-state index contributed by atoms with van der Waals surface area (Å²) in [4.78, 5) is 38.0. The molecule has 2 amide bonds. The van der Waals surface area contributed by atoms with Crippen LogP contribution in [0.25, 0.3) is 22.6 Å². The van der Waals surface area contributed by atoms with Gasteiger partial charge in [-0.05, 0) is 66.3 Å². The second-order valence-corrected chi connectivity index (χ2v) is 11.2. The lowest BCUT2D eigenvalue weighted by atomic mass is 9.85. The molecule has 3 N–H and O–H groups in total. The third-order valence-corrected chi connectivity index (χ3v) is 8.25. The first-order valence-electron chi connectivity index (χ1n) is 14.6. The van der Waals surface area contributed by atoms with Gasteiger partial charge in [0.15, 0.2) is 11.4 Å². The van der Waals surface area contributed by atoms with Crippen molar-refractivity contribution >= 4 is 28.6 Å². The molecule has 1 unspecified atom stereocenters. The van der Waals surface area contributed by atoms with E-state index in [2.05, 4.69) is 42.8 Å². The molecule has 4 heterocycles. The van der Waals surface area contributed by atoms with Crippen molar-refractivity contribution in [2.45, 2.75) is 38.0 Å². The fourth-order valence-corrected chi connectivity index (χ4v) is 5.76. The highest BCUT2D eigenvalue weighted by Gasteiger charge is 2.43. The Kier molecular flexibility index (Phi) is 7.30. The minimum absolute atomic E-state index is 0.120. The lowest BCUT2D eigenvalue weighted by molar-refractivity contribution is -0.117. The first-order valence-corrected chi connectivity index (χ1v) is 14.6. The average molecular weight is 596 g/mol. The van der Waals surface area contributed by atoms with Crippen LogP contribution in [0.1, 0.15) is 47.2 Å². The van der Waals surface area contributed by atoms with Crippen LogP contribution in [0.15, 0.2) is 71.3 Å². The maximum Gasteiger partial charge on any atom is 0.272 e. The van der Waals surface area contributed by atoms with Crippen molar-refractivity contribution in [3.8, 4) is 11.5 Å². The molecule has 1 saturated carbocycles. The van der Waals surface area contributed by atoms with Crippen molar-refractivity contribution in [3.05, 3.63) is 83.9 Å². The van der Waals surface area contributed by atoms with Crippen LogP contribution in [-0.2, 0) is 11.3 Å². The number of rotatable bonds is 8. The van der Waals surface area contributed by atoms with Gasteiger partial charge in [-0.15, -0.1) is 10.2 Å². The quantitative estimate of drug-likeness (QED) is 0.272. The topological polar surface area (TPSA) is 158 Å². The SMILES string of the molecule is NCc1nnn(C(c2ccccc2)C2CCN(C(=O)c3cc(-c4nc5cc(NC(=O)[C@@H]6C[C@@H]6F)ccc5o4)ccn3)CC2)n1. The number of likely N-dealkylation sites (tertiary alicyclic amines) is 1. The van der Waals surface area contributed by atoms with E-state index >= 15 is 0 Å². The van der Waals surface area contributed by atoms with Crippen LogP contribution in [0.3, 0.4) is 0 Å². The molecule has 13 heteroatoms. The number of piperidine rings is 1. The molecule has 7 rings (SSSR count). The lowest BCUT2D eigenvalue weighted by Crippen LogP contribution is -2.41. The Hall–Kier alpha value is -5.04. The van der Waals surface area contributed by atoms with Crippen LogP contribution in [0.5, 0.6) is 0 Å². The summed E-state index contributed by atoms with van der Waals surface area (Å²) in [5, 5.41) is 15.6. The first kappa shape index (κ1) is 27.8. The van der Waals surface area contributed by atoms with E-state index in [9.17, 15) is 14.0 Å². The average Bonchev–Trinajstić information content (AvgIpc) is 3.41. The van der Waals surface area contributed by atoms with Crippen LogP contribution in [-0.4, -0.2) is 66.2 Å². The second kappa shape index (κ2) is 11.6. The van der Waals surface area contributed by atoms with Crippen LogP contribution < -0.4 is 11.1 Å². The number of tetrazole rings is 1. The number of oxazole rings is 1. The molecule has 3 aromatic heterocycles. The van der Waals surface area contributed by atoms with Gasteiger partial charge < -0.3 is 20.4 Å². The molecular formula is C31H30FN9O3. The van der Waals surface area contributed by atoms with Crippen molar-refractivity contribution in [2.24, 2.45) is 17.6 Å². The highest BCUT2D eigenvalue weighted by molar-refractivity contribution is 5.96. The van der Waals surface area contributed by atoms with Crippen LogP contribution in [0.2, 0.25) is 0 Å². The zero-order valence-corrected chi connectivity index (χ0v) is 23.7. The number of hydrogen-bond donors (Lipinski definition) is 2. The fraction of sp³-hybridized carbons (Fsp3) is 0.323. The van der Waals surface area contributed by atoms with Crippen molar-refractivity contribution in [2.75, 3.05) is 18.4 Å². The zero-order chi connectivity index (χ0) is 30.2. The number of aromatic nitrogens is 6. The third-order valence-electron chi connectivity index (χ3n) is 8.25. The third kappa shape index (κ3) is 5.53. The molecule has 5 aromatic rings. The molecule has 224 valence electrons. The maximum absolute atomic E-state index is 13.5. The molecule has 1 saturated heterocycles. The molecule has 0 radical (unpaired) electrons. The number of nitrogens with zero attached hydrogens (tertiary/aromatic N) is 7. The normalized spacial score (nSPS) is 19.2. The molecule has 0 spiro atoms. The number of hydrogen-bond acceptors (Lipinski definition) is 9. The van der Waals surface area contributed by atoms with Crippen LogP contribution in [0, 0.1) is 11.8 Å². The number of carbonyl (C=O) groups excluding carboxylic acids is 2. The number of carbonyl (C=O) groups is 2. The van der Waals surface area contributed by atoms with E-state index in [1.165, 1.54) is 0 Å². The highest BCUT2D eigenvalue weighted by Crippen LogP contribution is 2.36. The number of amides is 2. The number of pyridine rings is 1. The van der Waals surface area contributed by atoms with Crippen molar-refractivity contribution in [1.82, 2.24) is 35.1 Å². The number of nitrogens with two attached hydrogens (primary N) is 1. The van der Waals surface area contributed by atoms with E-state index in [-0.39, 0.29) is 36.7 Å². The Balaban J connectivity index is 1.05. The van der Waals surface area contributed by atoms with Gasteiger partial charge in [0, 0.05) is 30.5 Å². The van der Waals surface area contributed by atoms with Crippen LogP contribution >= 0.6 is 0 Å². The highest BCUT2D eigenvalue weighted by atomic mass is 19.1. The van der Waals surface area contributed by atoms with Gasteiger partial charge in [0.25, 0.3) is 5.91 Å². The predicted molar refractivity (Wildman–Crippen MR) is 158 cm³/mol. The van der Waals surface area contributed by atoms with Gasteiger partial charge in [-0.3, -0.25) is 14.6 Å². The van der Waals surface area contributed by atoms with Gasteiger partial charge in [0.05, 0.1) is 12.5 Å². The molecule has 44 heavy (non-hydrogen) atoms. The summed E-state index contributed by atoms with van der Waals surface area (Å²) < 4.78 is 19.2. The maximum atomic E-state index is 13.5. The van der Waals surface area contributed by atoms with E-state index in [1.54, 1.807) is 41.3 Å². The monoisotopic (exact) mass is 595 g/mol. The van der Waals surface area contributed by atoms with Crippen molar-refractivity contribution in [1.29, 1.82) is 0 Å². The van der Waals surface area contributed by atoms with Gasteiger partial charge in [-0.2, -0.15) is 4.80 Å². The van der Waals surface area contributed by atoms with E-state index in [1.807, 2.05) is 23.1 Å². The molecule has 12 nitrogen and oxygen atoms in total. The largest absolute Gasteiger partial charge is 0.436 e. The van der Waals surface area contributed by atoms with Gasteiger partial charge in [-0.25, -0.2) is 9.37 Å². The smallest absolute Gasteiger partial charge is 0.272 e. The molecule has 3 atom stereocenters. The lowest BCUT2D eigenvalue weighted by Gasteiger charge is -2.35. The van der Waals surface area contributed by atoms with E-state index in [0.717, 1.165) is 18.4 Å². The fourth-order valence-electron chi connectivity index (χ4n) is 5.76. The van der Waals surface area contributed by atoms with Gasteiger partial charge >= 0.3 is 0 Å². The summed E-state index contributed by atoms with van der Waals surface area (Å²) in [5.41, 5.74) is 9.29. The van der Waals surface area contributed by atoms with Gasteiger partial charge in [-0.1, -0.05) is 30.3 Å². The summed E-state index contributed by atoms with van der Waals surface area (Å²) in [6.45, 7) is 1.32. The Morgan fingerprint density at radius 2 is 1.89 bits per heavy atom. The van der Waals surface area contributed by atoms with E-state index in [4.69, 9.17) is 10.2 Å². The van der Waals surface area contributed by atoms with Crippen molar-refractivity contribution in [3.63, 3.8) is 0 Å². The first-order chi connectivity index (χ1) is 21.5. The predicted octanol–water partition coefficient (Wildman–Crippen LogP) is 3.77. The summed E-state index contributed by atoms with van der Waals surface area (Å²) in [5.74, 6) is -0.0881. The Morgan fingerprint density at radius 1 is 1.09 bits per heavy atom. The molecule has 1 aliphatic carbocycles. The molecule has 0 bridgehead atoms. The number of nitrogens with one attached hydrogen (secondary N) is 1. The van der Waals surface area contributed by atoms with E-state index < -0.39 is 12.1 Å². The number of halogens is 1. The number of benzene rings is 2. The summed E-state index contributed by atoms with van der Waals surface area (Å²) >= 11 is 0. The minimum Gasteiger partial charge on any atom is -0.436 e. The minimum atomic E-state index is -1.07. The molecular weight excluding hydrogens is 565 g/mol. The number of alkyl halides is 1. The van der Waals surface area contributed by atoms with Gasteiger partial charge in [0.1, 0.15) is 23.4 Å². The number of anilines is 1. The molecule has 1 aliphatic heterocycles. The Labute approximate surface area is 251 Å². The zero-order valence-electron chi connectivity index (χ0n) is 23.7. The Bertz CT molecular complexity index is 1820. The number of fused-ring (bicyclic) bond motifs is 1. The van der Waals surface area contributed by atoms with E-state index in [0.29, 0.717) is 52.8 Å². The summed E-state index contributed by atoms with van der Waals surface area (Å²) in [6.07, 6.45) is 2.26. The van der Waals surface area contributed by atoms with Crippen LogP contribution in [0.4, 0.5) is 10.1 Å². The van der Waals surface area contributed by atoms with Crippen molar-refractivity contribution < 1.29 is 18.4 Å².